The quantitative estimate of drug-likeness (QED) is 0.790. The summed E-state index contributed by atoms with van der Waals surface area (Å²) in [5.41, 5.74) is 2.11. The Hall–Kier alpha value is -2.04. The Bertz CT molecular complexity index is 775. The summed E-state index contributed by atoms with van der Waals surface area (Å²) in [6.07, 6.45) is 3.15. The van der Waals surface area contributed by atoms with Crippen molar-refractivity contribution in [2.24, 2.45) is 11.3 Å². The van der Waals surface area contributed by atoms with Crippen LogP contribution in [0, 0.1) is 11.3 Å². The molecule has 1 saturated carbocycles. The van der Waals surface area contributed by atoms with Crippen molar-refractivity contribution in [2.75, 3.05) is 18.4 Å². The van der Waals surface area contributed by atoms with Gasteiger partial charge < -0.3 is 15.4 Å². The van der Waals surface area contributed by atoms with Gasteiger partial charge in [0.2, 0.25) is 5.91 Å². The fourth-order valence-corrected chi connectivity index (χ4v) is 4.07. The van der Waals surface area contributed by atoms with Crippen molar-refractivity contribution in [3.63, 3.8) is 0 Å². The van der Waals surface area contributed by atoms with E-state index in [2.05, 4.69) is 22.8 Å². The predicted octanol–water partition coefficient (Wildman–Crippen LogP) is 4.58. The number of carbonyl (C=O) groups is 1. The van der Waals surface area contributed by atoms with E-state index in [-0.39, 0.29) is 35.8 Å². The van der Waals surface area contributed by atoms with Crippen molar-refractivity contribution in [1.29, 1.82) is 0 Å². The van der Waals surface area contributed by atoms with Gasteiger partial charge in [-0.15, -0.1) is 12.4 Å². The topological polar surface area (TPSA) is 50.4 Å². The van der Waals surface area contributed by atoms with Crippen molar-refractivity contribution >= 4 is 24.0 Å². The van der Waals surface area contributed by atoms with E-state index >= 15 is 0 Å². The van der Waals surface area contributed by atoms with Gasteiger partial charge in [0.05, 0.1) is 5.69 Å². The van der Waals surface area contributed by atoms with Gasteiger partial charge in [0, 0.05) is 5.92 Å². The molecule has 1 saturated heterocycles. The molecule has 2 N–H and O–H groups in total. The van der Waals surface area contributed by atoms with E-state index in [0.29, 0.717) is 0 Å². The first-order valence-corrected chi connectivity index (χ1v) is 9.50. The first-order valence-electron chi connectivity index (χ1n) is 9.50. The van der Waals surface area contributed by atoms with Crippen LogP contribution in [0.3, 0.4) is 0 Å². The summed E-state index contributed by atoms with van der Waals surface area (Å²) >= 11 is 0. The third-order valence-corrected chi connectivity index (χ3v) is 5.82. The highest BCUT2D eigenvalue weighted by molar-refractivity contribution is 5.96. The zero-order valence-electron chi connectivity index (χ0n) is 15.6. The third kappa shape index (κ3) is 4.28. The van der Waals surface area contributed by atoms with Gasteiger partial charge in [-0.2, -0.15) is 0 Å². The van der Waals surface area contributed by atoms with Crippen LogP contribution in [0.15, 0.2) is 54.6 Å². The molecule has 1 heterocycles. The summed E-state index contributed by atoms with van der Waals surface area (Å²) in [4.78, 5) is 12.8. The van der Waals surface area contributed by atoms with Crippen molar-refractivity contribution < 1.29 is 9.53 Å². The van der Waals surface area contributed by atoms with Gasteiger partial charge in [-0.25, -0.2) is 0 Å². The molecule has 1 aliphatic heterocycles. The summed E-state index contributed by atoms with van der Waals surface area (Å²) < 4.78 is 6.14. The highest BCUT2D eigenvalue weighted by Crippen LogP contribution is 2.58. The van der Waals surface area contributed by atoms with Crippen LogP contribution in [0.4, 0.5) is 5.69 Å². The SMILES string of the molecule is CC(Oc1ccccc1NC(=O)C1CC12CCNCC2)c1ccccc1.Cl. The summed E-state index contributed by atoms with van der Waals surface area (Å²) in [5.74, 6) is 0.997. The van der Waals surface area contributed by atoms with Crippen LogP contribution < -0.4 is 15.4 Å². The Morgan fingerprint density at radius 1 is 1.11 bits per heavy atom. The number of benzene rings is 2. The molecule has 1 aliphatic carbocycles. The van der Waals surface area contributed by atoms with E-state index < -0.39 is 0 Å². The molecule has 4 nitrogen and oxygen atoms in total. The Kier molecular flexibility index (Phi) is 6.08. The van der Waals surface area contributed by atoms with Crippen molar-refractivity contribution in [2.45, 2.75) is 32.3 Å². The molecule has 0 aromatic heterocycles. The smallest absolute Gasteiger partial charge is 0.228 e. The molecule has 1 spiro atoms. The molecule has 2 fully saturated rings. The van der Waals surface area contributed by atoms with Gasteiger partial charge in [0.15, 0.2) is 0 Å². The Morgan fingerprint density at radius 3 is 2.52 bits per heavy atom. The minimum atomic E-state index is -0.0778. The molecule has 1 amide bonds. The van der Waals surface area contributed by atoms with E-state index in [1.165, 1.54) is 0 Å². The number of hydrogen-bond acceptors (Lipinski definition) is 3. The fraction of sp³-hybridized carbons (Fsp3) is 0.409. The lowest BCUT2D eigenvalue weighted by Gasteiger charge is -2.23. The number of rotatable bonds is 5. The van der Waals surface area contributed by atoms with Crippen LogP contribution in [-0.4, -0.2) is 19.0 Å². The summed E-state index contributed by atoms with van der Waals surface area (Å²) in [6, 6.07) is 17.8. The number of nitrogens with one attached hydrogen (secondary N) is 2. The lowest BCUT2D eigenvalue weighted by Crippen LogP contribution is -2.31. The van der Waals surface area contributed by atoms with Gasteiger partial charge in [-0.1, -0.05) is 42.5 Å². The van der Waals surface area contributed by atoms with E-state index in [1.54, 1.807) is 0 Å². The maximum absolute atomic E-state index is 12.8. The molecule has 0 bridgehead atoms. The maximum atomic E-state index is 12.8. The van der Waals surface area contributed by atoms with Crippen LogP contribution >= 0.6 is 12.4 Å². The van der Waals surface area contributed by atoms with Gasteiger partial charge >= 0.3 is 0 Å². The van der Waals surface area contributed by atoms with Gasteiger partial charge in [0.25, 0.3) is 0 Å². The second-order valence-corrected chi connectivity index (χ2v) is 7.53. The lowest BCUT2D eigenvalue weighted by molar-refractivity contribution is -0.118. The Morgan fingerprint density at radius 2 is 1.78 bits per heavy atom. The van der Waals surface area contributed by atoms with Gasteiger partial charge in [0.1, 0.15) is 11.9 Å². The number of anilines is 1. The molecule has 2 aliphatic rings. The number of halogens is 1. The number of ether oxygens (including phenoxy) is 1. The highest BCUT2D eigenvalue weighted by atomic mass is 35.5. The Balaban J connectivity index is 0.00000210. The highest BCUT2D eigenvalue weighted by Gasteiger charge is 2.57. The molecule has 4 rings (SSSR count). The molecule has 0 radical (unpaired) electrons. The molecular formula is C22H27ClN2O2. The minimum absolute atomic E-state index is 0. The maximum Gasteiger partial charge on any atom is 0.228 e. The molecular weight excluding hydrogens is 360 g/mol. The van der Waals surface area contributed by atoms with Crippen molar-refractivity contribution in [1.82, 2.24) is 5.32 Å². The van der Waals surface area contributed by atoms with Gasteiger partial charge in [-0.3, -0.25) is 4.79 Å². The standard InChI is InChI=1S/C22H26N2O2.ClH/c1-16(17-7-3-2-4-8-17)26-20-10-6-5-9-19(20)24-21(25)18-15-22(18)11-13-23-14-12-22;/h2-10,16,18,23H,11-15H2,1H3,(H,24,25);1H. The molecule has 2 aromatic rings. The monoisotopic (exact) mass is 386 g/mol. The zero-order chi connectivity index (χ0) is 18.0. The Labute approximate surface area is 167 Å². The molecule has 144 valence electrons. The molecule has 2 aromatic carbocycles. The number of para-hydroxylation sites is 2. The van der Waals surface area contributed by atoms with Crippen LogP contribution in [0.1, 0.15) is 37.9 Å². The summed E-state index contributed by atoms with van der Waals surface area (Å²) in [6.45, 7) is 4.08. The van der Waals surface area contributed by atoms with Crippen LogP contribution in [-0.2, 0) is 4.79 Å². The van der Waals surface area contributed by atoms with Crippen molar-refractivity contribution in [3.8, 4) is 5.75 Å². The van der Waals surface area contributed by atoms with Crippen LogP contribution in [0.5, 0.6) is 5.75 Å². The molecule has 2 atom stereocenters. The van der Waals surface area contributed by atoms with Crippen LogP contribution in [0.2, 0.25) is 0 Å². The molecule has 5 heteroatoms. The van der Waals surface area contributed by atoms with E-state index in [0.717, 1.165) is 49.4 Å². The zero-order valence-corrected chi connectivity index (χ0v) is 16.4. The van der Waals surface area contributed by atoms with Crippen LogP contribution in [0.25, 0.3) is 0 Å². The lowest BCUT2D eigenvalue weighted by atomic mass is 9.92. The molecule has 27 heavy (non-hydrogen) atoms. The first-order chi connectivity index (χ1) is 12.7. The summed E-state index contributed by atoms with van der Waals surface area (Å²) in [7, 11) is 0. The largest absolute Gasteiger partial charge is 0.484 e. The predicted molar refractivity (Wildman–Crippen MR) is 110 cm³/mol. The molecule has 2 unspecified atom stereocenters. The fourth-order valence-electron chi connectivity index (χ4n) is 4.07. The average Bonchev–Trinajstić information content (AvgIpc) is 3.37. The average molecular weight is 387 g/mol. The van der Waals surface area contributed by atoms with E-state index in [9.17, 15) is 4.79 Å². The second-order valence-electron chi connectivity index (χ2n) is 7.53. The minimum Gasteiger partial charge on any atom is -0.484 e. The van der Waals surface area contributed by atoms with Crippen molar-refractivity contribution in [3.05, 3.63) is 60.2 Å². The van der Waals surface area contributed by atoms with E-state index in [4.69, 9.17) is 4.74 Å². The van der Waals surface area contributed by atoms with Gasteiger partial charge in [-0.05, 0) is 62.4 Å². The summed E-state index contributed by atoms with van der Waals surface area (Å²) in [5, 5.41) is 6.50. The number of carbonyl (C=O) groups excluding carboxylic acids is 1. The number of amides is 1. The van der Waals surface area contributed by atoms with E-state index in [1.807, 2.05) is 49.4 Å². The second kappa shape index (κ2) is 8.32. The first kappa shape index (κ1) is 19.7. The normalized spacial score (nSPS) is 21.0. The number of hydrogen-bond donors (Lipinski definition) is 2. The number of piperidine rings is 1. The third-order valence-electron chi connectivity index (χ3n) is 5.82.